The molecule has 0 fully saturated rings. The second kappa shape index (κ2) is 5.63. The number of fused-ring (bicyclic) bond motifs is 2. The van der Waals surface area contributed by atoms with Gasteiger partial charge in [0, 0.05) is 15.0 Å². The lowest BCUT2D eigenvalue weighted by Crippen LogP contribution is -2.02. The van der Waals surface area contributed by atoms with Gasteiger partial charge in [0.25, 0.3) is 0 Å². The predicted octanol–water partition coefficient (Wildman–Crippen LogP) is 7.94. The van der Waals surface area contributed by atoms with Crippen molar-refractivity contribution in [3.05, 3.63) is 40.1 Å². The Morgan fingerprint density at radius 1 is 0.700 bits per heavy atom. The summed E-state index contributed by atoms with van der Waals surface area (Å²) in [4.78, 5) is 0. The van der Waals surface area contributed by atoms with E-state index in [4.69, 9.17) is 32.7 Å². The van der Waals surface area contributed by atoms with Crippen LogP contribution in [0, 0.1) is 0 Å². The van der Waals surface area contributed by atoms with Crippen molar-refractivity contribution in [1.29, 1.82) is 0 Å². The summed E-state index contributed by atoms with van der Waals surface area (Å²) < 4.78 is 14.5. The summed E-state index contributed by atoms with van der Waals surface area (Å²) in [5, 5.41) is 0.950. The van der Waals surface area contributed by atoms with Crippen molar-refractivity contribution in [2.75, 3.05) is 0 Å². The average molecular weight is 569 g/mol. The fourth-order valence-electron chi connectivity index (χ4n) is 1.68. The topological polar surface area (TPSA) is 18.5 Å². The Morgan fingerprint density at radius 3 is 2.05 bits per heavy atom. The van der Waals surface area contributed by atoms with Crippen molar-refractivity contribution in [3.63, 3.8) is 0 Å². The van der Waals surface area contributed by atoms with E-state index in [1.807, 2.05) is 0 Å². The number of ether oxygens (including phenoxy) is 2. The van der Waals surface area contributed by atoms with Crippen molar-refractivity contribution >= 4 is 86.9 Å². The van der Waals surface area contributed by atoms with Gasteiger partial charge in [-0.3, -0.25) is 0 Å². The van der Waals surface area contributed by atoms with E-state index in [9.17, 15) is 0 Å². The molecule has 0 spiro atoms. The molecule has 2 nitrogen and oxygen atoms in total. The third-order valence-corrected chi connectivity index (χ3v) is 6.63. The van der Waals surface area contributed by atoms with Crippen LogP contribution >= 0.6 is 86.9 Å². The molecule has 2 aromatic carbocycles. The van der Waals surface area contributed by atoms with Crippen LogP contribution in [-0.4, -0.2) is 0 Å². The maximum Gasteiger partial charge on any atom is 0.191 e. The highest BCUT2D eigenvalue weighted by Crippen LogP contribution is 2.57. The van der Waals surface area contributed by atoms with E-state index in [-0.39, 0.29) is 0 Å². The molecule has 0 amide bonds. The molecule has 104 valence electrons. The average Bonchev–Trinajstić information content (AvgIpc) is 2.41. The molecule has 0 saturated heterocycles. The third kappa shape index (κ3) is 2.42. The monoisotopic (exact) mass is 564 g/mol. The van der Waals surface area contributed by atoms with Crippen LogP contribution in [0.15, 0.2) is 30.0 Å². The summed E-state index contributed by atoms with van der Waals surface area (Å²) in [7, 11) is 0. The Morgan fingerprint density at radius 2 is 1.35 bits per heavy atom. The SMILES string of the molecule is Clc1c(Br)cc2c(c1Br)Oc1c(Br)cc(Br)c(Cl)c1O2. The Balaban J connectivity index is 2.24. The van der Waals surface area contributed by atoms with Crippen molar-refractivity contribution in [3.8, 4) is 23.0 Å². The first-order chi connectivity index (χ1) is 9.40. The van der Waals surface area contributed by atoms with Gasteiger partial charge < -0.3 is 9.47 Å². The van der Waals surface area contributed by atoms with Gasteiger partial charge in [-0.05, 0) is 69.8 Å². The molecule has 0 atom stereocenters. The van der Waals surface area contributed by atoms with Crippen LogP contribution in [0.5, 0.6) is 23.0 Å². The number of halogens is 6. The van der Waals surface area contributed by atoms with Gasteiger partial charge in [0.15, 0.2) is 23.0 Å². The number of hydrogen-bond acceptors (Lipinski definition) is 2. The molecule has 3 rings (SSSR count). The largest absolute Gasteiger partial charge is 0.448 e. The van der Waals surface area contributed by atoms with Crippen LogP contribution in [0.4, 0.5) is 0 Å². The maximum atomic E-state index is 6.24. The van der Waals surface area contributed by atoms with Gasteiger partial charge in [0.1, 0.15) is 5.02 Å². The Kier molecular flexibility index (Phi) is 4.35. The van der Waals surface area contributed by atoms with Crippen molar-refractivity contribution in [1.82, 2.24) is 0 Å². The summed E-state index contributed by atoms with van der Waals surface area (Å²) in [5.74, 6) is 1.98. The number of hydrogen-bond donors (Lipinski definition) is 0. The van der Waals surface area contributed by atoms with Gasteiger partial charge in [-0.1, -0.05) is 23.2 Å². The van der Waals surface area contributed by atoms with Gasteiger partial charge in [0.2, 0.25) is 0 Å². The Bertz CT molecular complexity index is 749. The second-order valence-corrected chi connectivity index (χ2v) is 7.94. The predicted molar refractivity (Wildman–Crippen MR) is 93.9 cm³/mol. The minimum Gasteiger partial charge on any atom is -0.448 e. The van der Waals surface area contributed by atoms with E-state index in [1.165, 1.54) is 0 Å². The number of benzene rings is 2. The first-order valence-corrected chi connectivity index (χ1v) is 9.03. The molecule has 1 aliphatic rings. The van der Waals surface area contributed by atoms with E-state index in [1.54, 1.807) is 12.1 Å². The molecule has 1 aliphatic heterocycles. The van der Waals surface area contributed by atoms with Crippen LogP contribution in [-0.2, 0) is 0 Å². The van der Waals surface area contributed by atoms with Gasteiger partial charge in [0.05, 0.1) is 14.0 Å². The summed E-state index contributed by atoms with van der Waals surface area (Å²) in [5.41, 5.74) is 0. The fourth-order valence-corrected chi connectivity index (χ4v) is 4.37. The van der Waals surface area contributed by atoms with E-state index in [2.05, 4.69) is 63.7 Å². The standard InChI is InChI=1S/C12H2Br4Cl2O2/c13-3-1-5(15)10-12(9(3)18)19-6-2-4(14)8(17)7(16)11(6)20-10/h1-2H. The smallest absolute Gasteiger partial charge is 0.191 e. The second-order valence-electron chi connectivity index (χ2n) is 3.83. The zero-order chi connectivity index (χ0) is 14.6. The molecule has 8 heteroatoms. The Labute approximate surface area is 158 Å². The van der Waals surface area contributed by atoms with Gasteiger partial charge in [-0.2, -0.15) is 0 Å². The minimum atomic E-state index is 0.441. The van der Waals surface area contributed by atoms with Crippen molar-refractivity contribution < 1.29 is 9.47 Å². The third-order valence-electron chi connectivity index (χ3n) is 2.59. The molecular weight excluding hydrogens is 567 g/mol. The van der Waals surface area contributed by atoms with E-state index < -0.39 is 0 Å². The van der Waals surface area contributed by atoms with Gasteiger partial charge >= 0.3 is 0 Å². The van der Waals surface area contributed by atoms with Crippen LogP contribution in [0.25, 0.3) is 0 Å². The molecule has 0 bridgehead atoms. The minimum absolute atomic E-state index is 0.441. The molecule has 0 radical (unpaired) electrons. The van der Waals surface area contributed by atoms with Crippen molar-refractivity contribution in [2.24, 2.45) is 0 Å². The lowest BCUT2D eigenvalue weighted by molar-refractivity contribution is 0.355. The van der Waals surface area contributed by atoms with Gasteiger partial charge in [-0.15, -0.1) is 0 Å². The van der Waals surface area contributed by atoms with Crippen LogP contribution in [0.1, 0.15) is 0 Å². The summed E-state index contributed by atoms with van der Waals surface area (Å²) in [6.07, 6.45) is 0. The summed E-state index contributed by atoms with van der Waals surface area (Å²) >= 11 is 26.0. The molecular formula is C12H2Br4Cl2O2. The highest BCUT2D eigenvalue weighted by Gasteiger charge is 2.29. The molecule has 0 N–H and O–H groups in total. The molecule has 20 heavy (non-hydrogen) atoms. The fraction of sp³-hybridized carbons (Fsp3) is 0. The van der Waals surface area contributed by atoms with E-state index in [0.29, 0.717) is 46.5 Å². The summed E-state index contributed by atoms with van der Waals surface area (Å²) in [6, 6.07) is 3.53. The molecule has 2 aromatic rings. The normalized spacial score (nSPS) is 12.3. The lowest BCUT2D eigenvalue weighted by Gasteiger charge is -2.24. The highest BCUT2D eigenvalue weighted by atomic mass is 79.9. The maximum absolute atomic E-state index is 6.24. The van der Waals surface area contributed by atoms with E-state index >= 15 is 0 Å². The van der Waals surface area contributed by atoms with Crippen molar-refractivity contribution in [2.45, 2.75) is 0 Å². The summed E-state index contributed by atoms with van der Waals surface area (Å²) in [6.45, 7) is 0. The first kappa shape index (κ1) is 15.4. The molecule has 0 aromatic heterocycles. The van der Waals surface area contributed by atoms with E-state index in [0.717, 1.165) is 4.47 Å². The quantitative estimate of drug-likeness (QED) is 0.203. The number of rotatable bonds is 0. The highest BCUT2D eigenvalue weighted by molar-refractivity contribution is 9.11. The zero-order valence-electron chi connectivity index (χ0n) is 9.24. The molecule has 0 aliphatic carbocycles. The molecule has 0 unspecified atom stereocenters. The zero-order valence-corrected chi connectivity index (χ0v) is 17.1. The van der Waals surface area contributed by atoms with Crippen LogP contribution in [0.2, 0.25) is 10.0 Å². The van der Waals surface area contributed by atoms with Gasteiger partial charge in [-0.25, -0.2) is 0 Å². The first-order valence-electron chi connectivity index (χ1n) is 5.11. The Hall–Kier alpha value is 0.540. The van der Waals surface area contributed by atoms with Crippen LogP contribution < -0.4 is 9.47 Å². The molecule has 0 saturated carbocycles. The molecule has 1 heterocycles. The van der Waals surface area contributed by atoms with Crippen LogP contribution in [0.3, 0.4) is 0 Å². The lowest BCUT2D eigenvalue weighted by atomic mass is 10.2.